The number of pyridine rings is 1. The van der Waals surface area contributed by atoms with Crippen LogP contribution in [0, 0.1) is 0 Å². The van der Waals surface area contributed by atoms with Crippen LogP contribution in [0.25, 0.3) is 0 Å². The van der Waals surface area contributed by atoms with Crippen LogP contribution in [0.4, 0.5) is 23.0 Å². The van der Waals surface area contributed by atoms with Gasteiger partial charge in [-0.05, 0) is 36.4 Å². The lowest BCUT2D eigenvalue weighted by Crippen LogP contribution is -2.15. The molecule has 0 bridgehead atoms. The van der Waals surface area contributed by atoms with Gasteiger partial charge in [0.2, 0.25) is 17.7 Å². The van der Waals surface area contributed by atoms with Crippen LogP contribution in [0.1, 0.15) is 10.4 Å². The molecule has 0 aliphatic carbocycles. The fourth-order valence-electron chi connectivity index (χ4n) is 3.01. The lowest BCUT2D eigenvalue weighted by molar-refractivity contribution is 0.102. The molecule has 0 aliphatic heterocycles. The predicted molar refractivity (Wildman–Crippen MR) is 138 cm³/mol. The number of anilines is 3. The maximum Gasteiger partial charge on any atom is 0.262 e. The Morgan fingerprint density at radius 2 is 1.86 bits per heavy atom. The summed E-state index contributed by atoms with van der Waals surface area (Å²) in [7, 11) is 1.54. The van der Waals surface area contributed by atoms with Crippen molar-refractivity contribution in [1.82, 2.24) is 15.0 Å². The minimum absolute atomic E-state index is 0.0419. The average molecular weight is 482 g/mol. The Kier molecular flexibility index (Phi) is 7.47. The molecular formula is C26H23N7O3. The molecule has 10 nitrogen and oxygen atoms in total. The van der Waals surface area contributed by atoms with Crippen LogP contribution >= 0.6 is 0 Å². The molecule has 4 aromatic rings. The molecule has 0 radical (unpaired) electrons. The fourth-order valence-corrected chi connectivity index (χ4v) is 3.01. The van der Waals surface area contributed by atoms with Gasteiger partial charge in [-0.3, -0.25) is 4.79 Å². The fraction of sp³-hybridized carbons (Fsp3) is 0.0385. The third-order valence-electron chi connectivity index (χ3n) is 4.73. The van der Waals surface area contributed by atoms with Gasteiger partial charge in [0.25, 0.3) is 5.91 Å². The van der Waals surface area contributed by atoms with Crippen molar-refractivity contribution in [3.8, 4) is 17.5 Å². The third-order valence-corrected chi connectivity index (χ3v) is 4.73. The second-order valence-corrected chi connectivity index (χ2v) is 7.29. The monoisotopic (exact) mass is 481 g/mol. The van der Waals surface area contributed by atoms with Crippen molar-refractivity contribution in [2.75, 3.05) is 17.7 Å². The predicted octanol–water partition coefficient (Wildman–Crippen LogP) is 4.84. The van der Waals surface area contributed by atoms with Gasteiger partial charge in [-0.2, -0.15) is 4.98 Å². The summed E-state index contributed by atoms with van der Waals surface area (Å²) in [6.07, 6.45) is 4.40. The quantitative estimate of drug-likeness (QED) is 0.228. The Hall–Kier alpha value is -5.25. The minimum atomic E-state index is -0.432. The number of amidine groups is 1. The molecule has 0 aliphatic rings. The molecule has 0 unspecified atom stereocenters. The average Bonchev–Trinajstić information content (AvgIpc) is 2.90. The summed E-state index contributed by atoms with van der Waals surface area (Å²) in [5.41, 5.74) is 7.69. The van der Waals surface area contributed by atoms with Crippen LogP contribution in [0.15, 0.2) is 96.8 Å². The van der Waals surface area contributed by atoms with Gasteiger partial charge in [0, 0.05) is 24.0 Å². The molecule has 2 aromatic heterocycles. The van der Waals surface area contributed by atoms with E-state index in [-0.39, 0.29) is 23.2 Å². The first-order valence-electron chi connectivity index (χ1n) is 10.8. The Labute approximate surface area is 207 Å². The Balaban J connectivity index is 1.66. The lowest BCUT2D eigenvalue weighted by atomic mass is 10.2. The van der Waals surface area contributed by atoms with Crippen molar-refractivity contribution in [2.24, 2.45) is 10.7 Å². The standard InChI is InChI=1S/C26H23N7O3/c1-3-22(27)30-18-10-7-11-20(14-18)36-25-21(24(34)31-17-8-5-4-6-9-17)16-29-26(33-25)32-19-12-13-23(35-2)28-15-19/h3-16H,1H2,2H3,(H2,27,30)(H,31,34)(H,29,32,33). The number of rotatable bonds is 9. The van der Waals surface area contributed by atoms with Gasteiger partial charge in [0.05, 0.1) is 24.7 Å². The second-order valence-electron chi connectivity index (χ2n) is 7.29. The van der Waals surface area contributed by atoms with Gasteiger partial charge in [0.15, 0.2) is 0 Å². The SMILES string of the molecule is C=CC(N)=Nc1cccc(Oc2nc(Nc3ccc(OC)nc3)ncc2C(=O)Nc2ccccc2)c1. The van der Waals surface area contributed by atoms with E-state index in [4.69, 9.17) is 15.2 Å². The highest BCUT2D eigenvalue weighted by atomic mass is 16.5. The molecule has 180 valence electrons. The molecule has 36 heavy (non-hydrogen) atoms. The van der Waals surface area contributed by atoms with E-state index in [9.17, 15) is 4.79 Å². The minimum Gasteiger partial charge on any atom is -0.481 e. The summed E-state index contributed by atoms with van der Waals surface area (Å²) in [5, 5.41) is 5.86. The first-order chi connectivity index (χ1) is 17.5. The zero-order valence-corrected chi connectivity index (χ0v) is 19.4. The van der Waals surface area contributed by atoms with Gasteiger partial charge in [-0.1, -0.05) is 30.8 Å². The maximum absolute atomic E-state index is 13.1. The summed E-state index contributed by atoms with van der Waals surface area (Å²) in [6.45, 7) is 3.60. The first kappa shape index (κ1) is 23.9. The van der Waals surface area contributed by atoms with Crippen molar-refractivity contribution in [2.45, 2.75) is 0 Å². The van der Waals surface area contributed by atoms with Crippen molar-refractivity contribution < 1.29 is 14.3 Å². The molecular weight excluding hydrogens is 458 g/mol. The van der Waals surface area contributed by atoms with Crippen LogP contribution in [0.5, 0.6) is 17.5 Å². The molecule has 0 saturated carbocycles. The number of carbonyl (C=O) groups is 1. The van der Waals surface area contributed by atoms with E-state index < -0.39 is 5.91 Å². The lowest BCUT2D eigenvalue weighted by Gasteiger charge is -2.13. The van der Waals surface area contributed by atoms with Crippen molar-refractivity contribution in [3.05, 3.63) is 97.3 Å². The van der Waals surface area contributed by atoms with Crippen LogP contribution in [-0.2, 0) is 0 Å². The largest absolute Gasteiger partial charge is 0.481 e. The Morgan fingerprint density at radius 3 is 2.58 bits per heavy atom. The van der Waals surface area contributed by atoms with Crippen molar-refractivity contribution in [1.29, 1.82) is 0 Å². The van der Waals surface area contributed by atoms with E-state index in [0.29, 0.717) is 28.7 Å². The molecule has 0 fully saturated rings. The van der Waals surface area contributed by atoms with E-state index in [2.05, 4.69) is 37.2 Å². The summed E-state index contributed by atoms with van der Waals surface area (Å²) in [4.78, 5) is 30.2. The molecule has 1 amide bonds. The van der Waals surface area contributed by atoms with E-state index in [1.807, 2.05) is 18.2 Å². The number of nitrogens with one attached hydrogen (secondary N) is 2. The topological polar surface area (TPSA) is 137 Å². The number of para-hydroxylation sites is 1. The number of amides is 1. The normalized spacial score (nSPS) is 10.9. The summed E-state index contributed by atoms with van der Waals surface area (Å²) >= 11 is 0. The zero-order valence-electron chi connectivity index (χ0n) is 19.4. The summed E-state index contributed by atoms with van der Waals surface area (Å²) < 4.78 is 11.1. The van der Waals surface area contributed by atoms with E-state index in [1.165, 1.54) is 19.4 Å². The zero-order chi connectivity index (χ0) is 25.3. The van der Waals surface area contributed by atoms with Gasteiger partial charge in [-0.15, -0.1) is 0 Å². The molecule has 10 heteroatoms. The molecule has 2 aromatic carbocycles. The van der Waals surface area contributed by atoms with E-state index >= 15 is 0 Å². The molecule has 2 heterocycles. The molecule has 0 spiro atoms. The second kappa shape index (κ2) is 11.3. The number of aliphatic imine (C=N–C) groups is 1. The molecule has 4 N–H and O–H groups in total. The smallest absolute Gasteiger partial charge is 0.262 e. The number of benzene rings is 2. The number of nitrogens with two attached hydrogens (primary N) is 1. The number of methoxy groups -OCH3 is 1. The summed E-state index contributed by atoms with van der Waals surface area (Å²) in [5.74, 6) is 0.949. The van der Waals surface area contributed by atoms with Crippen LogP contribution < -0.4 is 25.8 Å². The van der Waals surface area contributed by atoms with Gasteiger partial charge in [-0.25, -0.2) is 15.0 Å². The van der Waals surface area contributed by atoms with Gasteiger partial charge >= 0.3 is 0 Å². The Bertz CT molecular complexity index is 1390. The first-order valence-corrected chi connectivity index (χ1v) is 10.8. The summed E-state index contributed by atoms with van der Waals surface area (Å²) in [6, 6.07) is 19.4. The number of nitrogens with zero attached hydrogens (tertiary/aromatic N) is 4. The van der Waals surface area contributed by atoms with Crippen LogP contribution in [0.2, 0.25) is 0 Å². The third kappa shape index (κ3) is 6.20. The highest BCUT2D eigenvalue weighted by molar-refractivity contribution is 6.05. The Morgan fingerprint density at radius 1 is 1.03 bits per heavy atom. The maximum atomic E-state index is 13.1. The molecule has 4 rings (SSSR count). The van der Waals surface area contributed by atoms with Crippen molar-refractivity contribution >= 4 is 34.8 Å². The number of hydrogen-bond donors (Lipinski definition) is 3. The van der Waals surface area contributed by atoms with Gasteiger partial charge in [0.1, 0.15) is 17.1 Å². The van der Waals surface area contributed by atoms with E-state index in [0.717, 1.165) is 0 Å². The van der Waals surface area contributed by atoms with E-state index in [1.54, 1.807) is 54.7 Å². The number of aromatic nitrogens is 3. The van der Waals surface area contributed by atoms with Crippen molar-refractivity contribution in [3.63, 3.8) is 0 Å². The molecule has 0 atom stereocenters. The number of ether oxygens (including phenoxy) is 2. The molecule has 0 saturated heterocycles. The number of hydrogen-bond acceptors (Lipinski definition) is 8. The number of carbonyl (C=O) groups excluding carboxylic acids is 1. The van der Waals surface area contributed by atoms with Crippen LogP contribution in [-0.4, -0.2) is 33.8 Å². The van der Waals surface area contributed by atoms with Gasteiger partial charge < -0.3 is 25.8 Å². The highest BCUT2D eigenvalue weighted by Gasteiger charge is 2.18. The highest BCUT2D eigenvalue weighted by Crippen LogP contribution is 2.28. The van der Waals surface area contributed by atoms with Crippen LogP contribution in [0.3, 0.4) is 0 Å².